The average Bonchev–Trinajstić information content (AvgIpc) is 3.34. The lowest BCUT2D eigenvalue weighted by Gasteiger charge is -2.09. The maximum Gasteiger partial charge on any atom is 0.249 e. The van der Waals surface area contributed by atoms with Gasteiger partial charge in [0.2, 0.25) is 5.91 Å². The fourth-order valence-corrected chi connectivity index (χ4v) is 4.99. The van der Waals surface area contributed by atoms with Crippen LogP contribution in [0.4, 0.5) is 10.8 Å². The van der Waals surface area contributed by atoms with Gasteiger partial charge in [0, 0.05) is 21.5 Å². The van der Waals surface area contributed by atoms with Crippen LogP contribution in [0.2, 0.25) is 5.02 Å². The second kappa shape index (κ2) is 8.43. The maximum absolute atomic E-state index is 11.8. The Bertz CT molecular complexity index is 1240. The van der Waals surface area contributed by atoms with Crippen molar-refractivity contribution < 1.29 is 9.53 Å². The summed E-state index contributed by atoms with van der Waals surface area (Å²) in [6.07, 6.45) is 0. The number of aromatic nitrogens is 2. The van der Waals surface area contributed by atoms with Crippen molar-refractivity contribution in [3.63, 3.8) is 0 Å². The summed E-state index contributed by atoms with van der Waals surface area (Å²) in [7, 11) is 1.60. The fourth-order valence-electron chi connectivity index (χ4n) is 2.96. The Balaban J connectivity index is 1.65. The number of carbonyl (C=O) groups excluding carboxylic acids is 1. The summed E-state index contributed by atoms with van der Waals surface area (Å²) in [5.41, 5.74) is 9.08. The van der Waals surface area contributed by atoms with Crippen LogP contribution in [0, 0.1) is 6.92 Å². The van der Waals surface area contributed by atoms with E-state index in [1.807, 2.05) is 24.4 Å². The molecule has 2 aromatic carbocycles. The molecule has 9 heteroatoms. The Labute approximate surface area is 186 Å². The lowest BCUT2D eigenvalue weighted by Crippen LogP contribution is -2.12. The quantitative estimate of drug-likeness (QED) is 0.385. The van der Waals surface area contributed by atoms with Gasteiger partial charge in [-0.1, -0.05) is 29.8 Å². The molecule has 0 atom stereocenters. The summed E-state index contributed by atoms with van der Waals surface area (Å²) in [4.78, 5) is 22.1. The average molecular weight is 457 g/mol. The molecule has 0 spiro atoms. The molecule has 0 radical (unpaired) electrons. The minimum absolute atomic E-state index is 0.450. The molecule has 0 aliphatic carbocycles. The van der Waals surface area contributed by atoms with Crippen LogP contribution in [0.15, 0.2) is 47.8 Å². The van der Waals surface area contributed by atoms with Crippen molar-refractivity contribution in [2.75, 3.05) is 12.4 Å². The number of hydrogen-bond acceptors (Lipinski definition) is 7. The van der Waals surface area contributed by atoms with E-state index in [9.17, 15) is 4.79 Å². The number of anilines is 2. The SMILES string of the molecule is COc1ccc(Cl)cc1Nc1nc(-c2sc(-c3ccccc3C(N)=O)nc2C)cs1. The summed E-state index contributed by atoms with van der Waals surface area (Å²) in [5, 5.41) is 7.26. The Hall–Kier alpha value is -2.94. The molecule has 2 heterocycles. The molecule has 152 valence electrons. The molecule has 2 aromatic heterocycles. The summed E-state index contributed by atoms with van der Waals surface area (Å²) in [5.74, 6) is 0.200. The number of benzene rings is 2. The molecular weight excluding hydrogens is 440 g/mol. The Morgan fingerprint density at radius 1 is 1.20 bits per heavy atom. The highest BCUT2D eigenvalue weighted by molar-refractivity contribution is 7.19. The van der Waals surface area contributed by atoms with Crippen LogP contribution >= 0.6 is 34.3 Å². The molecule has 0 aliphatic rings. The van der Waals surface area contributed by atoms with Crippen molar-refractivity contribution in [1.82, 2.24) is 9.97 Å². The third-order valence-corrected chi connectivity index (χ3v) is 6.57. The van der Waals surface area contributed by atoms with Gasteiger partial charge >= 0.3 is 0 Å². The first-order chi connectivity index (χ1) is 14.5. The van der Waals surface area contributed by atoms with E-state index in [2.05, 4.69) is 10.3 Å². The van der Waals surface area contributed by atoms with Crippen LogP contribution in [-0.4, -0.2) is 23.0 Å². The predicted molar refractivity (Wildman–Crippen MR) is 123 cm³/mol. The van der Waals surface area contributed by atoms with Gasteiger partial charge < -0.3 is 15.8 Å². The highest BCUT2D eigenvalue weighted by Crippen LogP contribution is 2.38. The zero-order valence-corrected chi connectivity index (χ0v) is 18.5. The Morgan fingerprint density at radius 3 is 2.77 bits per heavy atom. The standard InChI is InChI=1S/C21H17ClN4O2S2/c1-11-18(30-20(24-11)14-6-4-3-5-13(14)19(23)27)16-10-29-21(26-16)25-15-9-12(22)7-8-17(15)28-2/h3-10H,1-2H3,(H2,23,27)(H,25,26). The van der Waals surface area contributed by atoms with Crippen molar-refractivity contribution in [3.05, 3.63) is 64.1 Å². The van der Waals surface area contributed by atoms with Gasteiger partial charge in [0.05, 0.1) is 29.1 Å². The first-order valence-electron chi connectivity index (χ1n) is 8.89. The Kier molecular flexibility index (Phi) is 5.72. The number of carbonyl (C=O) groups is 1. The zero-order valence-electron chi connectivity index (χ0n) is 16.1. The van der Waals surface area contributed by atoms with E-state index in [-0.39, 0.29) is 0 Å². The predicted octanol–water partition coefficient (Wildman–Crippen LogP) is 5.75. The van der Waals surface area contributed by atoms with E-state index in [0.29, 0.717) is 21.5 Å². The Morgan fingerprint density at radius 2 is 2.00 bits per heavy atom. The van der Waals surface area contributed by atoms with Gasteiger partial charge in [0.25, 0.3) is 0 Å². The monoisotopic (exact) mass is 456 g/mol. The fraction of sp³-hybridized carbons (Fsp3) is 0.0952. The van der Waals surface area contributed by atoms with Crippen LogP contribution in [0.1, 0.15) is 16.1 Å². The van der Waals surface area contributed by atoms with Crippen molar-refractivity contribution in [1.29, 1.82) is 0 Å². The second-order valence-electron chi connectivity index (χ2n) is 6.35. The number of aryl methyl sites for hydroxylation is 1. The number of nitrogens with zero attached hydrogens (tertiary/aromatic N) is 2. The topological polar surface area (TPSA) is 90.1 Å². The summed E-state index contributed by atoms with van der Waals surface area (Å²) in [6, 6.07) is 12.6. The molecular formula is C21H17ClN4O2S2. The molecule has 4 rings (SSSR count). The molecule has 30 heavy (non-hydrogen) atoms. The van der Waals surface area contributed by atoms with Crippen molar-refractivity contribution in [3.8, 4) is 26.9 Å². The molecule has 3 N–H and O–H groups in total. The van der Waals surface area contributed by atoms with Crippen molar-refractivity contribution in [2.45, 2.75) is 6.92 Å². The normalized spacial score (nSPS) is 10.8. The summed E-state index contributed by atoms with van der Waals surface area (Å²) >= 11 is 9.05. The van der Waals surface area contributed by atoms with E-state index in [4.69, 9.17) is 27.1 Å². The van der Waals surface area contributed by atoms with Crippen molar-refractivity contribution >= 4 is 51.0 Å². The molecule has 4 aromatic rings. The number of hydrogen-bond donors (Lipinski definition) is 2. The number of amides is 1. The largest absolute Gasteiger partial charge is 0.495 e. The van der Waals surface area contributed by atoms with Crippen molar-refractivity contribution in [2.24, 2.45) is 5.73 Å². The lowest BCUT2D eigenvalue weighted by molar-refractivity contribution is 0.100. The number of halogens is 1. The number of rotatable bonds is 6. The molecule has 0 saturated heterocycles. The molecule has 0 aliphatic heterocycles. The molecule has 0 unspecified atom stereocenters. The van der Waals surface area contributed by atoms with Crippen LogP contribution in [0.3, 0.4) is 0 Å². The number of methoxy groups -OCH3 is 1. The minimum Gasteiger partial charge on any atom is -0.495 e. The molecule has 1 amide bonds. The smallest absolute Gasteiger partial charge is 0.249 e. The maximum atomic E-state index is 11.8. The number of nitrogens with one attached hydrogen (secondary N) is 1. The van der Waals surface area contributed by atoms with Gasteiger partial charge in [0.1, 0.15) is 10.8 Å². The third-order valence-electron chi connectivity index (χ3n) is 4.36. The van der Waals surface area contributed by atoms with E-state index in [1.54, 1.807) is 37.4 Å². The number of primary amides is 1. The van der Waals surface area contributed by atoms with Gasteiger partial charge in [-0.2, -0.15) is 0 Å². The lowest BCUT2D eigenvalue weighted by atomic mass is 10.1. The summed E-state index contributed by atoms with van der Waals surface area (Å²) in [6.45, 7) is 1.93. The van der Waals surface area contributed by atoms with E-state index < -0.39 is 5.91 Å². The van der Waals surface area contributed by atoms with E-state index in [1.165, 1.54) is 22.7 Å². The molecule has 6 nitrogen and oxygen atoms in total. The number of thiazole rings is 2. The first kappa shape index (κ1) is 20.3. The van der Waals surface area contributed by atoms with Gasteiger partial charge in [-0.3, -0.25) is 4.79 Å². The van der Waals surface area contributed by atoms with Crippen LogP contribution in [0.25, 0.3) is 21.1 Å². The van der Waals surface area contributed by atoms with Crippen LogP contribution in [0.5, 0.6) is 5.75 Å². The molecule has 0 fully saturated rings. The number of nitrogens with two attached hydrogens (primary N) is 1. The van der Waals surface area contributed by atoms with Gasteiger partial charge in [-0.15, -0.1) is 22.7 Å². The highest BCUT2D eigenvalue weighted by Gasteiger charge is 2.18. The van der Waals surface area contributed by atoms with Gasteiger partial charge in [-0.25, -0.2) is 9.97 Å². The van der Waals surface area contributed by atoms with Gasteiger partial charge in [-0.05, 0) is 31.2 Å². The highest BCUT2D eigenvalue weighted by atomic mass is 35.5. The first-order valence-corrected chi connectivity index (χ1v) is 11.0. The van der Waals surface area contributed by atoms with Crippen LogP contribution < -0.4 is 15.8 Å². The van der Waals surface area contributed by atoms with E-state index in [0.717, 1.165) is 32.5 Å². The molecule has 0 saturated carbocycles. The second-order valence-corrected chi connectivity index (χ2v) is 8.64. The minimum atomic E-state index is -0.476. The zero-order chi connectivity index (χ0) is 21.3. The van der Waals surface area contributed by atoms with E-state index >= 15 is 0 Å². The molecule has 0 bridgehead atoms. The van der Waals surface area contributed by atoms with Crippen LogP contribution in [-0.2, 0) is 0 Å². The number of ether oxygens (including phenoxy) is 1. The third kappa shape index (κ3) is 4.02. The summed E-state index contributed by atoms with van der Waals surface area (Å²) < 4.78 is 5.38. The van der Waals surface area contributed by atoms with Gasteiger partial charge in [0.15, 0.2) is 5.13 Å².